The Hall–Kier alpha value is -1.13. The van der Waals surface area contributed by atoms with Crippen molar-refractivity contribution in [2.24, 2.45) is 0 Å². The Morgan fingerprint density at radius 2 is 2.10 bits per heavy atom. The van der Waals surface area contributed by atoms with Crippen LogP contribution >= 0.6 is 0 Å². The van der Waals surface area contributed by atoms with Gasteiger partial charge in [0.05, 0.1) is 12.2 Å². The monoisotopic (exact) mass is 501 g/mol. The zero-order valence-electron chi connectivity index (χ0n) is 11.7. The minimum Gasteiger partial charge on any atom is -0.520 e. The Bertz CT molecular complexity index is 439. The van der Waals surface area contributed by atoms with E-state index in [1.54, 1.807) is 0 Å². The van der Waals surface area contributed by atoms with Gasteiger partial charge in [0, 0.05) is 6.54 Å². The molecule has 20 heavy (non-hydrogen) atoms. The second-order valence-electron chi connectivity index (χ2n) is 4.45. The van der Waals surface area contributed by atoms with Crippen LogP contribution in [0.25, 0.3) is 0 Å². The topological polar surface area (TPSA) is 96.0 Å². The van der Waals surface area contributed by atoms with Crippen LogP contribution in [0.1, 0.15) is 20.8 Å². The largest absolute Gasteiger partial charge is 2.00 e. The molecule has 2 rings (SSSR count). The number of hydrogen-bond acceptors (Lipinski definition) is 5. The predicted molar refractivity (Wildman–Crippen MR) is 72.0 cm³/mol. The van der Waals surface area contributed by atoms with E-state index in [-0.39, 0.29) is 43.6 Å². The second kappa shape index (κ2) is 9.73. The number of nitrogens with zero attached hydrogens (tertiary/aromatic N) is 2. The average molecular weight is 501 g/mol. The summed E-state index contributed by atoms with van der Waals surface area (Å²) in [6.07, 6.45) is 4.34. The van der Waals surface area contributed by atoms with E-state index in [0.717, 1.165) is 0 Å². The summed E-state index contributed by atoms with van der Waals surface area (Å²) in [5.74, 6) is 1.63. The van der Waals surface area contributed by atoms with Gasteiger partial charge < -0.3 is 26.7 Å². The van der Waals surface area contributed by atoms with E-state index >= 15 is 0 Å². The van der Waals surface area contributed by atoms with Crippen molar-refractivity contribution < 1.29 is 40.7 Å². The first-order valence-electron chi connectivity index (χ1n) is 5.78. The van der Waals surface area contributed by atoms with Crippen LogP contribution in [0.4, 0.5) is 11.5 Å². The van der Waals surface area contributed by atoms with Gasteiger partial charge in [-0.2, -0.15) is 27.2 Å². The van der Waals surface area contributed by atoms with Crippen molar-refractivity contribution in [1.82, 2.24) is 15.3 Å². The molecule has 1 atom stereocenters. The summed E-state index contributed by atoms with van der Waals surface area (Å²) in [4.78, 5) is 29.4. The summed E-state index contributed by atoms with van der Waals surface area (Å²) >= 11 is 0. The Labute approximate surface area is 142 Å². The molecule has 7 nitrogen and oxygen atoms in total. The van der Waals surface area contributed by atoms with Crippen molar-refractivity contribution in [1.29, 1.82) is 0 Å². The van der Waals surface area contributed by atoms with Crippen molar-refractivity contribution in [2.45, 2.75) is 26.8 Å². The van der Waals surface area contributed by atoms with Crippen LogP contribution in [-0.4, -0.2) is 34.9 Å². The fraction of sp³-hybridized carbons (Fsp3) is 0.417. The fourth-order valence-corrected chi connectivity index (χ4v) is 1.26. The first kappa shape index (κ1) is 18.9. The molecule has 3 N–H and O–H groups in total. The molecule has 0 aliphatic carbocycles. The molecule has 0 saturated carbocycles. The van der Waals surface area contributed by atoms with Gasteiger partial charge in [-0.1, -0.05) is 0 Å². The van der Waals surface area contributed by atoms with Gasteiger partial charge in [0.15, 0.2) is 5.82 Å². The molecule has 0 fully saturated rings. The van der Waals surface area contributed by atoms with Gasteiger partial charge in [0.25, 0.3) is 0 Å². The molecule has 0 radical (unpaired) electrons. The molecule has 0 spiro atoms. The Morgan fingerprint density at radius 1 is 1.45 bits per heavy atom. The molecular weight excluding hydrogens is 484 g/mol. The van der Waals surface area contributed by atoms with Gasteiger partial charge in [-0.25, -0.2) is 9.97 Å². The summed E-state index contributed by atoms with van der Waals surface area (Å²) in [7, 11) is 0. The molecule has 106 valence electrons. The number of rotatable bonds is 2. The molecule has 1 aromatic rings. The van der Waals surface area contributed by atoms with Crippen molar-refractivity contribution in [2.75, 3.05) is 17.2 Å². The molecule has 0 bridgehead atoms. The van der Waals surface area contributed by atoms with E-state index < -0.39 is 6.04 Å². The van der Waals surface area contributed by atoms with Crippen molar-refractivity contribution in [3.63, 3.8) is 0 Å². The zero-order valence-corrected chi connectivity index (χ0v) is 15.8. The summed E-state index contributed by atoms with van der Waals surface area (Å²) in [6.45, 7) is 6.52. The Kier molecular flexibility index (Phi) is 9.18. The minimum atomic E-state index is -0.656. The zero-order chi connectivity index (χ0) is 14.3. The smallest absolute Gasteiger partial charge is 0.520 e. The van der Waals surface area contributed by atoms with Gasteiger partial charge in [-0.15, -0.1) is 0 Å². The van der Waals surface area contributed by atoms with Gasteiger partial charge in [-0.3, -0.25) is 4.79 Å². The number of nitrogens with one attached hydrogen (secondary N) is 3. The molecule has 1 aliphatic heterocycles. The molecule has 1 aliphatic rings. The van der Waals surface area contributed by atoms with E-state index in [9.17, 15) is 9.59 Å². The van der Waals surface area contributed by atoms with E-state index in [1.165, 1.54) is 24.9 Å². The van der Waals surface area contributed by atoms with E-state index in [2.05, 4.69) is 46.7 Å². The van der Waals surface area contributed by atoms with Gasteiger partial charge in [0.1, 0.15) is 12.0 Å². The van der Waals surface area contributed by atoms with Gasteiger partial charge in [-0.05, 0) is 0 Å². The van der Waals surface area contributed by atoms with Crippen molar-refractivity contribution in [3.8, 4) is 0 Å². The maximum absolute atomic E-state index is 11.5. The number of carbonyl (C=O) groups excluding carboxylic acids is 2. The fourth-order valence-electron chi connectivity index (χ4n) is 1.26. The SMILES string of the molecule is C[C-](C)C.O=[C-]N[C@H]1CNc2ncncc2NC1=O.[U+2]. The van der Waals surface area contributed by atoms with Gasteiger partial charge in [0.2, 0.25) is 5.91 Å². The average Bonchev–Trinajstić information content (AvgIpc) is 2.49. The van der Waals surface area contributed by atoms with Gasteiger partial charge >= 0.3 is 31.1 Å². The van der Waals surface area contributed by atoms with E-state index in [1.807, 2.05) is 0 Å². The summed E-state index contributed by atoms with van der Waals surface area (Å²) < 4.78 is 0. The third-order valence-corrected chi connectivity index (χ3v) is 1.99. The standard InChI is InChI=1S/C8H8N5O2.C4H9.U/c14-4-12-6-2-10-7-5(13-8(6)15)1-9-3-11-7;1-4(2)3;/h1,3,6H,2H2,(H,12,14)(H,13,15)(H,9,10,11);1-3H3;/q2*-1;+2/t6-;;/m0../s1. The third kappa shape index (κ3) is 6.35. The summed E-state index contributed by atoms with van der Waals surface area (Å²) in [5, 5.41) is 7.78. The Morgan fingerprint density at radius 3 is 2.70 bits per heavy atom. The minimum absolute atomic E-state index is 0. The molecule has 0 aromatic carbocycles. The molecule has 1 aromatic heterocycles. The summed E-state index contributed by atoms with van der Waals surface area (Å²) in [6, 6.07) is -0.656. The van der Waals surface area contributed by atoms with E-state index in [4.69, 9.17) is 0 Å². The van der Waals surface area contributed by atoms with Crippen LogP contribution in [0.3, 0.4) is 0 Å². The molecular formula is C12H17N5O2U. The Balaban J connectivity index is 0.000000644. The van der Waals surface area contributed by atoms with Crippen LogP contribution in [-0.2, 0) is 9.59 Å². The number of fused-ring (bicyclic) bond motifs is 1. The van der Waals surface area contributed by atoms with Crippen LogP contribution in [0, 0.1) is 37.0 Å². The van der Waals surface area contributed by atoms with Crippen molar-refractivity contribution in [3.05, 3.63) is 18.4 Å². The number of aromatic nitrogens is 2. The molecule has 8 heteroatoms. The number of anilines is 2. The van der Waals surface area contributed by atoms with Crippen LogP contribution < -0.4 is 16.0 Å². The molecule has 0 saturated heterocycles. The summed E-state index contributed by atoms with van der Waals surface area (Å²) in [5.41, 5.74) is 0.498. The normalized spacial score (nSPS) is 16.2. The van der Waals surface area contributed by atoms with Crippen LogP contribution in [0.2, 0.25) is 0 Å². The van der Waals surface area contributed by atoms with Crippen LogP contribution in [0.5, 0.6) is 0 Å². The van der Waals surface area contributed by atoms with Crippen molar-refractivity contribution >= 4 is 23.8 Å². The number of hydrogen-bond donors (Lipinski definition) is 3. The predicted octanol–water partition coefficient (Wildman–Crippen LogP) is 0.487. The van der Waals surface area contributed by atoms with E-state index in [0.29, 0.717) is 11.5 Å². The first-order chi connectivity index (χ1) is 9.04. The second-order valence-corrected chi connectivity index (χ2v) is 4.45. The molecule has 0 unspecified atom stereocenters. The molecule has 2 amide bonds. The quantitative estimate of drug-likeness (QED) is 0.405. The maximum atomic E-state index is 11.5. The third-order valence-electron chi connectivity index (χ3n) is 1.99. The maximum Gasteiger partial charge on any atom is 2.00 e. The number of carbonyl (C=O) groups is 1. The number of amides is 2. The molecule has 2 heterocycles. The first-order valence-corrected chi connectivity index (χ1v) is 5.78. The van der Waals surface area contributed by atoms with Crippen LogP contribution in [0.15, 0.2) is 12.5 Å².